The summed E-state index contributed by atoms with van der Waals surface area (Å²) in [6, 6.07) is 0. The lowest BCUT2D eigenvalue weighted by molar-refractivity contribution is 0.939. The van der Waals surface area contributed by atoms with Gasteiger partial charge in [-0.15, -0.1) is 0 Å². The molecule has 0 fully saturated rings. The third-order valence-electron chi connectivity index (χ3n) is 0.969. The number of rotatable bonds is 4. The Labute approximate surface area is 63.2 Å². The lowest BCUT2D eigenvalue weighted by atomic mass is 10.4. The minimum Gasteiger partial charge on any atom is -0.243 e. The van der Waals surface area contributed by atoms with Gasteiger partial charge < -0.3 is 0 Å². The molecule has 1 nitrogen and oxygen atoms in total. The topological polar surface area (TPSA) is 12.4 Å². The Hall–Kier alpha value is -0.810. The van der Waals surface area contributed by atoms with E-state index in [9.17, 15) is 0 Å². The van der Waals surface area contributed by atoms with Crippen LogP contribution in [0.3, 0.4) is 0 Å². The zero-order valence-electron chi connectivity index (χ0n) is 6.80. The number of hydrogen-bond donors (Lipinski definition) is 0. The molecule has 0 amide bonds. The second-order valence-corrected chi connectivity index (χ2v) is 2.01. The first-order valence-electron chi connectivity index (χ1n) is 3.82. The van der Waals surface area contributed by atoms with Crippen LogP contribution in [0.15, 0.2) is 23.2 Å². The fourth-order valence-corrected chi connectivity index (χ4v) is 0.476. The van der Waals surface area contributed by atoms with E-state index in [-0.39, 0.29) is 0 Å². The van der Waals surface area contributed by atoms with Gasteiger partial charge in [0.05, 0.1) is 0 Å². The molecule has 1 heteroatoms. The maximum atomic E-state index is 4.00. The fraction of sp³-hybridized carbons (Fsp3) is 0.556. The number of nitrogens with zero attached hydrogens (tertiary/aromatic N) is 1. The van der Waals surface area contributed by atoms with E-state index < -0.39 is 0 Å². The smallest absolute Gasteiger partial charge is 0.0481 e. The monoisotopic (exact) mass is 137 g/mol. The largest absolute Gasteiger partial charge is 0.243 e. The maximum absolute atomic E-state index is 4.00. The molecule has 0 rings (SSSR count). The van der Waals surface area contributed by atoms with Crippen LogP contribution in [0.5, 0.6) is 0 Å². The molecule has 0 aliphatic carbocycles. The number of aliphatic imine (C=N–C) groups is 1. The zero-order chi connectivity index (χ0) is 7.66. The molecule has 10 heavy (non-hydrogen) atoms. The standard InChI is InChI=1S/C9H15N/c1-3-5-6-7-9-10-8-4-2/h5-7H,3-4,8H2,1-2H3. The van der Waals surface area contributed by atoms with Crippen LogP contribution in [-0.2, 0) is 0 Å². The van der Waals surface area contributed by atoms with Crippen molar-refractivity contribution in [2.75, 3.05) is 6.54 Å². The molecular weight excluding hydrogens is 122 g/mol. The molecule has 0 aromatic rings. The SMILES string of the molecule is CCC=CC=C=NCCC. The minimum atomic E-state index is 0.885. The molecule has 0 aromatic carbocycles. The molecule has 0 saturated carbocycles. The van der Waals surface area contributed by atoms with E-state index in [1.165, 1.54) is 0 Å². The van der Waals surface area contributed by atoms with Gasteiger partial charge in [0.25, 0.3) is 0 Å². The number of allylic oxidation sites excluding steroid dienone is 3. The predicted molar refractivity (Wildman–Crippen MR) is 46.6 cm³/mol. The molecule has 0 heterocycles. The second kappa shape index (κ2) is 8.19. The van der Waals surface area contributed by atoms with Crippen LogP contribution in [0.25, 0.3) is 0 Å². The van der Waals surface area contributed by atoms with E-state index >= 15 is 0 Å². The summed E-state index contributed by atoms with van der Waals surface area (Å²) in [5.41, 5.74) is 0. The van der Waals surface area contributed by atoms with Gasteiger partial charge >= 0.3 is 0 Å². The summed E-state index contributed by atoms with van der Waals surface area (Å²) >= 11 is 0. The Morgan fingerprint density at radius 3 is 2.80 bits per heavy atom. The first-order valence-corrected chi connectivity index (χ1v) is 3.82. The van der Waals surface area contributed by atoms with E-state index in [0.29, 0.717) is 0 Å². The average Bonchev–Trinajstić information content (AvgIpc) is 1.97. The third kappa shape index (κ3) is 7.19. The molecule has 0 aliphatic heterocycles. The highest BCUT2D eigenvalue weighted by atomic mass is 14.7. The van der Waals surface area contributed by atoms with Crippen molar-refractivity contribution < 1.29 is 0 Å². The Bertz CT molecular complexity index is 139. The van der Waals surface area contributed by atoms with Gasteiger partial charge in [-0.25, -0.2) is 4.99 Å². The summed E-state index contributed by atoms with van der Waals surface area (Å²) in [5.74, 6) is 2.83. The van der Waals surface area contributed by atoms with Gasteiger partial charge in [0, 0.05) is 6.54 Å². The fourth-order valence-electron chi connectivity index (χ4n) is 0.476. The van der Waals surface area contributed by atoms with E-state index in [1.54, 1.807) is 0 Å². The van der Waals surface area contributed by atoms with Crippen molar-refractivity contribution in [2.24, 2.45) is 4.99 Å². The highest BCUT2D eigenvalue weighted by Crippen LogP contribution is 1.78. The third-order valence-corrected chi connectivity index (χ3v) is 0.969. The van der Waals surface area contributed by atoms with Crippen LogP contribution in [-0.4, -0.2) is 12.4 Å². The van der Waals surface area contributed by atoms with Gasteiger partial charge in [-0.05, 0) is 24.8 Å². The van der Waals surface area contributed by atoms with E-state index in [1.807, 2.05) is 12.2 Å². The molecule has 0 unspecified atom stereocenters. The van der Waals surface area contributed by atoms with Crippen LogP contribution in [0.4, 0.5) is 0 Å². The van der Waals surface area contributed by atoms with Gasteiger partial charge in [-0.3, -0.25) is 0 Å². The first kappa shape index (κ1) is 9.19. The Kier molecular flexibility index (Phi) is 7.53. The number of hydrogen-bond acceptors (Lipinski definition) is 1. The van der Waals surface area contributed by atoms with Crippen LogP contribution < -0.4 is 0 Å². The summed E-state index contributed by atoms with van der Waals surface area (Å²) in [7, 11) is 0. The van der Waals surface area contributed by atoms with E-state index in [0.717, 1.165) is 19.4 Å². The van der Waals surface area contributed by atoms with Crippen LogP contribution >= 0.6 is 0 Å². The van der Waals surface area contributed by atoms with Crippen molar-refractivity contribution in [1.82, 2.24) is 0 Å². The van der Waals surface area contributed by atoms with Crippen LogP contribution in [0.1, 0.15) is 26.7 Å². The van der Waals surface area contributed by atoms with Crippen LogP contribution in [0.2, 0.25) is 0 Å². The van der Waals surface area contributed by atoms with E-state index in [4.69, 9.17) is 0 Å². The van der Waals surface area contributed by atoms with Crippen molar-refractivity contribution in [3.05, 3.63) is 18.2 Å². The molecule has 0 spiro atoms. The van der Waals surface area contributed by atoms with Crippen molar-refractivity contribution >= 4 is 5.87 Å². The quantitative estimate of drug-likeness (QED) is 0.417. The Morgan fingerprint density at radius 2 is 2.20 bits per heavy atom. The Balaban J connectivity index is 3.43. The Morgan fingerprint density at radius 1 is 1.40 bits per heavy atom. The van der Waals surface area contributed by atoms with Crippen molar-refractivity contribution in [3.63, 3.8) is 0 Å². The molecule has 56 valence electrons. The van der Waals surface area contributed by atoms with Crippen LogP contribution in [0, 0.1) is 0 Å². The van der Waals surface area contributed by atoms with Crippen molar-refractivity contribution in [2.45, 2.75) is 26.7 Å². The summed E-state index contributed by atoms with van der Waals surface area (Å²) in [6.45, 7) is 5.09. The lowest BCUT2D eigenvalue weighted by Gasteiger charge is -1.76. The van der Waals surface area contributed by atoms with Gasteiger partial charge in [-0.2, -0.15) is 0 Å². The van der Waals surface area contributed by atoms with Gasteiger partial charge in [0.2, 0.25) is 0 Å². The highest BCUT2D eigenvalue weighted by molar-refractivity contribution is 5.54. The molecule has 0 aromatic heterocycles. The molecule has 0 saturated heterocycles. The summed E-state index contributed by atoms with van der Waals surface area (Å²) in [5, 5.41) is 0. The van der Waals surface area contributed by atoms with Crippen molar-refractivity contribution in [1.29, 1.82) is 0 Å². The predicted octanol–water partition coefficient (Wildman–Crippen LogP) is 2.59. The van der Waals surface area contributed by atoms with Gasteiger partial charge in [0.1, 0.15) is 0 Å². The maximum Gasteiger partial charge on any atom is 0.0481 e. The normalized spacial score (nSPS) is 9.40. The molecule has 0 N–H and O–H groups in total. The highest BCUT2D eigenvalue weighted by Gasteiger charge is 1.66. The molecule has 0 radical (unpaired) electrons. The summed E-state index contributed by atoms with van der Waals surface area (Å²) < 4.78 is 0. The van der Waals surface area contributed by atoms with Crippen molar-refractivity contribution in [3.8, 4) is 0 Å². The molecule has 0 atom stereocenters. The molecular formula is C9H15N. The zero-order valence-corrected chi connectivity index (χ0v) is 6.80. The van der Waals surface area contributed by atoms with Gasteiger partial charge in [-0.1, -0.05) is 26.0 Å². The first-order chi connectivity index (χ1) is 4.91. The summed E-state index contributed by atoms with van der Waals surface area (Å²) in [4.78, 5) is 4.00. The summed E-state index contributed by atoms with van der Waals surface area (Å²) in [6.07, 6.45) is 8.07. The molecule has 0 bridgehead atoms. The van der Waals surface area contributed by atoms with Gasteiger partial charge in [0.15, 0.2) is 0 Å². The minimum absolute atomic E-state index is 0.885. The average molecular weight is 137 g/mol. The van der Waals surface area contributed by atoms with E-state index in [2.05, 4.69) is 30.8 Å². The second-order valence-electron chi connectivity index (χ2n) is 2.01. The lowest BCUT2D eigenvalue weighted by Crippen LogP contribution is -1.70. The molecule has 0 aliphatic rings.